The molecule has 0 aromatic heterocycles. The number of rotatable bonds is 8. The number of hydrogen-bond acceptors (Lipinski definition) is 5. The van der Waals surface area contributed by atoms with E-state index in [9.17, 15) is 4.79 Å². The van der Waals surface area contributed by atoms with E-state index >= 15 is 0 Å². The number of hydrogen-bond donors (Lipinski definition) is 2. The van der Waals surface area contributed by atoms with Gasteiger partial charge in [0.1, 0.15) is 0 Å². The van der Waals surface area contributed by atoms with E-state index in [1.807, 2.05) is 6.92 Å². The minimum absolute atomic E-state index is 0.0896. The van der Waals surface area contributed by atoms with Gasteiger partial charge in [0.15, 0.2) is 18.1 Å². The Morgan fingerprint density at radius 3 is 2.71 bits per heavy atom. The van der Waals surface area contributed by atoms with Gasteiger partial charge in [-0.2, -0.15) is 0 Å². The van der Waals surface area contributed by atoms with Crippen LogP contribution in [0.5, 0.6) is 11.5 Å². The maximum Gasteiger partial charge on any atom is 0.258 e. The van der Waals surface area contributed by atoms with Crippen molar-refractivity contribution in [2.24, 2.45) is 0 Å². The van der Waals surface area contributed by atoms with E-state index in [2.05, 4.69) is 21.2 Å². The van der Waals surface area contributed by atoms with E-state index < -0.39 is 0 Å². The first-order valence-electron chi connectivity index (χ1n) is 6.40. The van der Waals surface area contributed by atoms with Crippen LogP contribution < -0.4 is 14.8 Å². The smallest absolute Gasteiger partial charge is 0.258 e. The molecule has 0 spiro atoms. The second kappa shape index (κ2) is 8.86. The van der Waals surface area contributed by atoms with Crippen molar-refractivity contribution in [1.82, 2.24) is 5.32 Å². The Bertz CT molecular complexity index is 481. The first-order chi connectivity index (χ1) is 10.0. The van der Waals surface area contributed by atoms with Gasteiger partial charge in [-0.1, -0.05) is 0 Å². The molecule has 1 amide bonds. The average molecular weight is 362 g/mol. The highest BCUT2D eigenvalue weighted by atomic mass is 79.9. The molecule has 21 heavy (non-hydrogen) atoms. The van der Waals surface area contributed by atoms with Crippen molar-refractivity contribution in [3.8, 4) is 11.5 Å². The minimum Gasteiger partial charge on any atom is -0.493 e. The van der Waals surface area contributed by atoms with Crippen molar-refractivity contribution in [2.45, 2.75) is 19.6 Å². The summed E-state index contributed by atoms with van der Waals surface area (Å²) in [5, 5.41) is 11.9. The number of carbonyl (C=O) groups excluding carboxylic acids is 1. The van der Waals surface area contributed by atoms with Gasteiger partial charge in [-0.15, -0.1) is 0 Å². The molecule has 0 saturated heterocycles. The Hall–Kier alpha value is -1.31. The molecule has 0 heterocycles. The van der Waals surface area contributed by atoms with Gasteiger partial charge in [-0.25, -0.2) is 0 Å². The van der Waals surface area contributed by atoms with Crippen LogP contribution in [0.15, 0.2) is 16.6 Å². The summed E-state index contributed by atoms with van der Waals surface area (Å²) in [4.78, 5) is 11.7. The number of benzene rings is 1. The lowest BCUT2D eigenvalue weighted by atomic mass is 10.2. The van der Waals surface area contributed by atoms with E-state index in [1.165, 1.54) is 7.11 Å². The second-order valence-electron chi connectivity index (χ2n) is 4.48. The van der Waals surface area contributed by atoms with Crippen LogP contribution in [0.4, 0.5) is 0 Å². The summed E-state index contributed by atoms with van der Waals surface area (Å²) < 4.78 is 16.3. The highest BCUT2D eigenvalue weighted by Crippen LogP contribution is 2.36. The Balaban J connectivity index is 2.68. The van der Waals surface area contributed by atoms with Gasteiger partial charge < -0.3 is 24.6 Å². The average Bonchev–Trinajstić information content (AvgIpc) is 2.45. The molecule has 0 radical (unpaired) electrons. The quantitative estimate of drug-likeness (QED) is 0.733. The van der Waals surface area contributed by atoms with E-state index in [-0.39, 0.29) is 25.2 Å². The molecular formula is C14H20BrNO5. The summed E-state index contributed by atoms with van der Waals surface area (Å²) in [5.74, 6) is 0.621. The molecular weight excluding hydrogens is 342 g/mol. The molecule has 1 rings (SSSR count). The number of aliphatic hydroxyl groups excluding tert-OH is 1. The third kappa shape index (κ3) is 5.53. The molecule has 7 heteroatoms. The van der Waals surface area contributed by atoms with Gasteiger partial charge in [-0.3, -0.25) is 4.79 Å². The topological polar surface area (TPSA) is 77.0 Å². The van der Waals surface area contributed by atoms with Crippen molar-refractivity contribution in [1.29, 1.82) is 0 Å². The fraction of sp³-hybridized carbons (Fsp3) is 0.500. The summed E-state index contributed by atoms with van der Waals surface area (Å²) in [5.41, 5.74) is 0.684. The van der Waals surface area contributed by atoms with Crippen molar-refractivity contribution < 1.29 is 24.1 Å². The minimum atomic E-state index is -0.250. The Morgan fingerprint density at radius 2 is 2.14 bits per heavy atom. The highest BCUT2D eigenvalue weighted by Gasteiger charge is 2.14. The van der Waals surface area contributed by atoms with Gasteiger partial charge in [0.05, 0.1) is 24.8 Å². The molecule has 1 atom stereocenters. The van der Waals surface area contributed by atoms with Crippen LogP contribution >= 0.6 is 15.9 Å². The van der Waals surface area contributed by atoms with Crippen LogP contribution in [0.2, 0.25) is 0 Å². The molecule has 118 valence electrons. The molecule has 0 bridgehead atoms. The number of carbonyl (C=O) groups is 1. The molecule has 0 fully saturated rings. The van der Waals surface area contributed by atoms with Crippen LogP contribution in [0, 0.1) is 0 Å². The van der Waals surface area contributed by atoms with Crippen molar-refractivity contribution >= 4 is 21.8 Å². The standard InChI is InChI=1S/C14H20BrNO5/c1-9(7-19-2)16-13(18)8-21-14-11(15)4-10(6-17)5-12(14)20-3/h4-5,9,17H,6-8H2,1-3H3,(H,16,18). The van der Waals surface area contributed by atoms with Crippen LogP contribution in [0.3, 0.4) is 0 Å². The van der Waals surface area contributed by atoms with Gasteiger partial charge in [0.2, 0.25) is 0 Å². The van der Waals surface area contributed by atoms with E-state index in [0.717, 1.165) is 0 Å². The molecule has 2 N–H and O–H groups in total. The van der Waals surface area contributed by atoms with Gasteiger partial charge in [-0.05, 0) is 40.5 Å². The SMILES string of the molecule is COCC(C)NC(=O)COc1c(Br)cc(CO)cc1OC. The first kappa shape index (κ1) is 17.7. The number of ether oxygens (including phenoxy) is 3. The van der Waals surface area contributed by atoms with Crippen LogP contribution in [-0.2, 0) is 16.1 Å². The normalized spacial score (nSPS) is 11.9. The highest BCUT2D eigenvalue weighted by molar-refractivity contribution is 9.10. The second-order valence-corrected chi connectivity index (χ2v) is 5.33. The zero-order valence-corrected chi connectivity index (χ0v) is 13.9. The summed E-state index contributed by atoms with van der Waals surface area (Å²) >= 11 is 3.34. The Labute approximate surface area is 132 Å². The molecule has 0 aliphatic carbocycles. The molecule has 1 aromatic carbocycles. The number of methoxy groups -OCH3 is 2. The largest absolute Gasteiger partial charge is 0.493 e. The molecule has 6 nitrogen and oxygen atoms in total. The van der Waals surface area contributed by atoms with Crippen LogP contribution in [0.25, 0.3) is 0 Å². The molecule has 0 aliphatic heterocycles. The summed E-state index contributed by atoms with van der Waals surface area (Å²) in [7, 11) is 3.07. The van der Waals surface area contributed by atoms with Gasteiger partial charge in [0.25, 0.3) is 5.91 Å². The Kier molecular flexibility index (Phi) is 7.49. The number of aliphatic hydroxyl groups is 1. The van der Waals surface area contributed by atoms with Gasteiger partial charge >= 0.3 is 0 Å². The third-order valence-corrected chi connectivity index (χ3v) is 3.23. The molecule has 0 saturated carbocycles. The molecule has 0 aliphatic rings. The maximum absolute atomic E-state index is 11.7. The Morgan fingerprint density at radius 1 is 1.43 bits per heavy atom. The summed E-state index contributed by atoms with van der Waals surface area (Å²) in [6, 6.07) is 3.28. The van der Waals surface area contributed by atoms with E-state index in [0.29, 0.717) is 28.1 Å². The number of nitrogens with one attached hydrogen (secondary N) is 1. The molecule has 1 unspecified atom stereocenters. The van der Waals surface area contributed by atoms with E-state index in [4.69, 9.17) is 19.3 Å². The number of halogens is 1. The van der Waals surface area contributed by atoms with Crippen LogP contribution in [0.1, 0.15) is 12.5 Å². The van der Waals surface area contributed by atoms with Crippen molar-refractivity contribution in [3.05, 3.63) is 22.2 Å². The fourth-order valence-electron chi connectivity index (χ4n) is 1.75. The fourth-order valence-corrected chi connectivity index (χ4v) is 2.35. The lowest BCUT2D eigenvalue weighted by Gasteiger charge is -2.16. The maximum atomic E-state index is 11.7. The first-order valence-corrected chi connectivity index (χ1v) is 7.19. The number of amides is 1. The summed E-state index contributed by atoms with van der Waals surface area (Å²) in [6.45, 7) is 2.03. The molecule has 1 aromatic rings. The monoisotopic (exact) mass is 361 g/mol. The zero-order valence-electron chi connectivity index (χ0n) is 12.3. The lowest BCUT2D eigenvalue weighted by molar-refractivity contribution is -0.124. The predicted molar refractivity (Wildman–Crippen MR) is 81.6 cm³/mol. The third-order valence-electron chi connectivity index (χ3n) is 2.64. The van der Waals surface area contributed by atoms with Crippen LogP contribution in [-0.4, -0.2) is 44.5 Å². The van der Waals surface area contributed by atoms with Crippen molar-refractivity contribution in [2.75, 3.05) is 27.4 Å². The van der Waals surface area contributed by atoms with Crippen molar-refractivity contribution in [3.63, 3.8) is 0 Å². The zero-order chi connectivity index (χ0) is 15.8. The summed E-state index contributed by atoms with van der Waals surface area (Å²) in [6.07, 6.45) is 0. The predicted octanol–water partition coefficient (Wildman–Crippen LogP) is 1.48. The van der Waals surface area contributed by atoms with E-state index in [1.54, 1.807) is 19.2 Å². The lowest BCUT2D eigenvalue weighted by Crippen LogP contribution is -2.38. The van der Waals surface area contributed by atoms with Gasteiger partial charge in [0, 0.05) is 13.2 Å².